The molecule has 0 aliphatic carbocycles. The molecule has 0 aromatic rings. The highest BCUT2D eigenvalue weighted by atomic mass is 16.6. The normalized spacial score (nSPS) is 19.3. The Labute approximate surface area is 165 Å². The van der Waals surface area contributed by atoms with Crippen molar-refractivity contribution >= 4 is 17.9 Å². The molecule has 1 fully saturated rings. The van der Waals surface area contributed by atoms with Gasteiger partial charge in [-0.15, -0.1) is 0 Å². The quantitative estimate of drug-likeness (QED) is 0.165. The first kappa shape index (κ1) is 23.2. The van der Waals surface area contributed by atoms with Gasteiger partial charge in [-0.3, -0.25) is 14.4 Å². The molecule has 1 aliphatic rings. The monoisotopic (exact) mass is 390 g/mol. The van der Waals surface area contributed by atoms with Gasteiger partial charge in [0, 0.05) is 32.8 Å². The van der Waals surface area contributed by atoms with E-state index >= 15 is 0 Å². The molecule has 0 N–H and O–H groups in total. The first-order valence-electron chi connectivity index (χ1n) is 8.75. The summed E-state index contributed by atoms with van der Waals surface area (Å²) in [6.07, 6.45) is 4.93. The minimum atomic E-state index is -0.756. The van der Waals surface area contributed by atoms with Crippen LogP contribution in [0.5, 0.6) is 0 Å². The highest BCUT2D eigenvalue weighted by molar-refractivity contribution is 5.68. The van der Waals surface area contributed by atoms with Crippen LogP contribution >= 0.6 is 0 Å². The van der Waals surface area contributed by atoms with Crippen molar-refractivity contribution in [3.05, 3.63) is 35.8 Å². The van der Waals surface area contributed by atoms with Gasteiger partial charge in [-0.1, -0.05) is 17.9 Å². The Bertz CT molecular complexity index is 759. The van der Waals surface area contributed by atoms with Gasteiger partial charge in [-0.25, -0.2) is 0 Å². The Morgan fingerprint density at radius 3 is 2.18 bits per heavy atom. The zero-order chi connectivity index (χ0) is 21.3. The topological polar surface area (TPSA) is 91.4 Å². The molecule has 28 heavy (non-hydrogen) atoms. The number of hydrogen-bond donors (Lipinski definition) is 0. The van der Waals surface area contributed by atoms with Gasteiger partial charge in [0.2, 0.25) is 0 Å². The van der Waals surface area contributed by atoms with Crippen molar-refractivity contribution in [3.63, 3.8) is 0 Å². The molecule has 0 aromatic carbocycles. The third-order valence-electron chi connectivity index (χ3n) is 3.57. The Kier molecular flexibility index (Phi) is 8.68. The average Bonchev–Trinajstić information content (AvgIpc) is 3.19. The molecular weight excluding hydrogens is 364 g/mol. The van der Waals surface area contributed by atoms with Gasteiger partial charge in [-0.2, -0.15) is 0 Å². The molecule has 0 amide bonds. The fraction of sp³-hybridized carbons (Fsp3) is 0.476. The molecule has 1 saturated heterocycles. The van der Waals surface area contributed by atoms with Crippen molar-refractivity contribution in [2.75, 3.05) is 0 Å². The van der Waals surface area contributed by atoms with E-state index in [-0.39, 0.29) is 18.1 Å². The number of carbonyl (C=O) groups excluding carboxylic acids is 3. The molecule has 7 heteroatoms. The number of rotatable bonds is 7. The van der Waals surface area contributed by atoms with Crippen molar-refractivity contribution in [2.45, 2.75) is 65.8 Å². The van der Waals surface area contributed by atoms with Gasteiger partial charge in [0.1, 0.15) is 24.1 Å². The third kappa shape index (κ3) is 9.19. The molecule has 0 bridgehead atoms. The molecule has 1 rings (SSSR count). The van der Waals surface area contributed by atoms with E-state index in [1.807, 2.05) is 20.8 Å². The molecule has 2 atom stereocenters. The van der Waals surface area contributed by atoms with Crippen LogP contribution in [0.3, 0.4) is 0 Å². The summed E-state index contributed by atoms with van der Waals surface area (Å²) in [7, 11) is 0. The van der Waals surface area contributed by atoms with Gasteiger partial charge < -0.3 is 18.9 Å². The van der Waals surface area contributed by atoms with Crippen LogP contribution in [0.2, 0.25) is 0 Å². The Morgan fingerprint density at radius 2 is 1.68 bits per heavy atom. The number of carbonyl (C=O) groups is 3. The molecule has 0 spiro atoms. The summed E-state index contributed by atoms with van der Waals surface area (Å²) >= 11 is 0. The third-order valence-corrected chi connectivity index (χ3v) is 3.57. The maximum Gasteiger partial charge on any atom is 0.307 e. The Morgan fingerprint density at radius 1 is 1.07 bits per heavy atom. The second-order valence-electron chi connectivity index (χ2n) is 6.73. The fourth-order valence-corrected chi connectivity index (χ4v) is 2.02. The molecular formula is C21H26O7. The fourth-order valence-electron chi connectivity index (χ4n) is 2.02. The lowest BCUT2D eigenvalue weighted by molar-refractivity contribution is -0.144. The van der Waals surface area contributed by atoms with Crippen LogP contribution in [0.1, 0.15) is 48.0 Å². The summed E-state index contributed by atoms with van der Waals surface area (Å²) in [4.78, 5) is 33.5. The van der Waals surface area contributed by atoms with Gasteiger partial charge >= 0.3 is 17.9 Å². The molecule has 0 saturated carbocycles. The van der Waals surface area contributed by atoms with E-state index in [4.69, 9.17) is 18.9 Å². The van der Waals surface area contributed by atoms with E-state index < -0.39 is 24.0 Å². The lowest BCUT2D eigenvalue weighted by Crippen LogP contribution is -2.18. The van der Waals surface area contributed by atoms with Gasteiger partial charge in [0.25, 0.3) is 0 Å². The second kappa shape index (κ2) is 10.5. The summed E-state index contributed by atoms with van der Waals surface area (Å²) < 4.78 is 20.4. The predicted molar refractivity (Wildman–Crippen MR) is 101 cm³/mol. The zero-order valence-electron chi connectivity index (χ0n) is 17.0. The van der Waals surface area contributed by atoms with E-state index in [1.165, 1.54) is 26.8 Å². The lowest BCUT2D eigenvalue weighted by Gasteiger charge is -2.16. The number of epoxide rings is 1. The van der Waals surface area contributed by atoms with E-state index in [0.29, 0.717) is 5.57 Å². The van der Waals surface area contributed by atoms with E-state index in [2.05, 4.69) is 11.8 Å². The number of esters is 3. The molecule has 0 unspecified atom stereocenters. The van der Waals surface area contributed by atoms with Crippen LogP contribution in [0, 0.1) is 11.8 Å². The Hall–Kier alpha value is -2.85. The molecule has 1 heterocycles. The van der Waals surface area contributed by atoms with Crippen molar-refractivity contribution in [1.29, 1.82) is 0 Å². The van der Waals surface area contributed by atoms with Crippen LogP contribution in [0.4, 0.5) is 0 Å². The van der Waals surface area contributed by atoms with Crippen LogP contribution < -0.4 is 0 Å². The van der Waals surface area contributed by atoms with Gasteiger partial charge in [-0.05, 0) is 32.4 Å². The minimum absolute atomic E-state index is 0.0915. The maximum absolute atomic E-state index is 11.5. The summed E-state index contributed by atoms with van der Waals surface area (Å²) in [5, 5.41) is 0. The molecule has 0 aromatic heterocycles. The first-order valence-corrected chi connectivity index (χ1v) is 8.75. The number of allylic oxidation sites excluding steroid dienone is 1. The largest absolute Gasteiger partial charge is 0.457 e. The standard InChI is InChI=1S/C21H26O7/c1-14(8-10-20-21(5,6)28-20)7-9-19(27-17(4)24)18(13-26-16(3)23)11-12-25-15(2)22/h7,11-13,19-20H,9H2,1-6H3/b12-11+,14-7+,18-13-/t19-,20+/m0/s1. The van der Waals surface area contributed by atoms with Crippen LogP contribution in [0.25, 0.3) is 0 Å². The van der Waals surface area contributed by atoms with Crippen LogP contribution in [-0.2, 0) is 33.3 Å². The van der Waals surface area contributed by atoms with Crippen molar-refractivity contribution in [3.8, 4) is 11.8 Å². The van der Waals surface area contributed by atoms with E-state index in [0.717, 1.165) is 18.1 Å². The van der Waals surface area contributed by atoms with E-state index in [9.17, 15) is 14.4 Å². The molecule has 1 aliphatic heterocycles. The predicted octanol–water partition coefficient (Wildman–Crippen LogP) is 2.96. The van der Waals surface area contributed by atoms with Crippen LogP contribution in [-0.4, -0.2) is 35.7 Å². The average molecular weight is 390 g/mol. The van der Waals surface area contributed by atoms with E-state index in [1.54, 1.807) is 6.08 Å². The smallest absolute Gasteiger partial charge is 0.307 e. The summed E-state index contributed by atoms with van der Waals surface area (Å²) in [6, 6.07) is 0. The second-order valence-corrected chi connectivity index (χ2v) is 6.73. The zero-order valence-corrected chi connectivity index (χ0v) is 17.0. The van der Waals surface area contributed by atoms with Gasteiger partial charge in [0.15, 0.2) is 0 Å². The molecule has 152 valence electrons. The summed E-state index contributed by atoms with van der Waals surface area (Å²) in [5.41, 5.74) is 0.907. The van der Waals surface area contributed by atoms with Crippen molar-refractivity contribution in [2.24, 2.45) is 0 Å². The van der Waals surface area contributed by atoms with Crippen molar-refractivity contribution < 1.29 is 33.3 Å². The van der Waals surface area contributed by atoms with Crippen molar-refractivity contribution in [1.82, 2.24) is 0 Å². The summed E-state index contributed by atoms with van der Waals surface area (Å²) in [6.45, 7) is 9.52. The first-order chi connectivity index (χ1) is 13.0. The van der Waals surface area contributed by atoms with Crippen LogP contribution in [0.15, 0.2) is 35.8 Å². The maximum atomic E-state index is 11.5. The summed E-state index contributed by atoms with van der Waals surface area (Å²) in [5.74, 6) is 4.48. The Balaban J connectivity index is 2.96. The minimum Gasteiger partial charge on any atom is -0.457 e. The number of ether oxygens (including phenoxy) is 4. The highest BCUT2D eigenvalue weighted by Crippen LogP contribution is 2.34. The SMILES string of the molecule is CC(=O)O/C=C(/C=C/OC(C)=O)[C@H](C/C=C(\C)C#C[C@H]1OC1(C)C)OC(C)=O. The molecule has 0 radical (unpaired) electrons. The lowest BCUT2D eigenvalue weighted by atomic mass is 10.1. The molecule has 7 nitrogen and oxygen atoms in total. The van der Waals surface area contributed by atoms with Gasteiger partial charge in [0.05, 0.1) is 6.26 Å². The number of hydrogen-bond acceptors (Lipinski definition) is 7. The highest BCUT2D eigenvalue weighted by Gasteiger charge is 2.46.